The van der Waals surface area contributed by atoms with Crippen LogP contribution in [0.3, 0.4) is 0 Å². The fraction of sp³-hybridized carbons (Fsp3) is 0.250. The zero-order valence-electron chi connectivity index (χ0n) is 9.80. The molecular weight excluding hydrogens is 257 g/mol. The summed E-state index contributed by atoms with van der Waals surface area (Å²) in [5.74, 6) is -3.96. The molecule has 19 heavy (non-hydrogen) atoms. The molecule has 0 fully saturated rings. The predicted molar refractivity (Wildman–Crippen MR) is 61.9 cm³/mol. The third-order valence-electron chi connectivity index (χ3n) is 2.27. The van der Waals surface area contributed by atoms with Gasteiger partial charge < -0.3 is 15.5 Å². The minimum Gasteiger partial charge on any atom is -0.481 e. The molecule has 0 heterocycles. The monoisotopic (exact) mass is 269 g/mol. The summed E-state index contributed by atoms with van der Waals surface area (Å²) in [6.07, 6.45) is -0.939. The zero-order chi connectivity index (χ0) is 14.4. The Balaban J connectivity index is 2.62. The summed E-state index contributed by atoms with van der Waals surface area (Å²) in [5.41, 5.74) is 0.372. The molecule has 0 spiro atoms. The van der Waals surface area contributed by atoms with Gasteiger partial charge in [0, 0.05) is 0 Å². The normalized spacial score (nSPS) is 11.6. The number of carboxylic acids is 2. The number of benzene rings is 1. The van der Waals surface area contributed by atoms with Gasteiger partial charge in [-0.25, -0.2) is 9.18 Å². The topological polar surface area (TPSA) is 104 Å². The molecule has 7 heteroatoms. The van der Waals surface area contributed by atoms with Gasteiger partial charge in [-0.3, -0.25) is 9.59 Å². The van der Waals surface area contributed by atoms with Crippen LogP contribution in [0.2, 0.25) is 0 Å². The van der Waals surface area contributed by atoms with E-state index < -0.39 is 36.1 Å². The molecular formula is C12H12FNO5. The van der Waals surface area contributed by atoms with Crippen molar-refractivity contribution >= 4 is 17.8 Å². The third-order valence-corrected chi connectivity index (χ3v) is 2.27. The molecule has 0 saturated carbocycles. The molecule has 0 aromatic heterocycles. The smallest absolute Gasteiger partial charge is 0.326 e. The van der Waals surface area contributed by atoms with Gasteiger partial charge in [0.2, 0.25) is 5.91 Å². The van der Waals surface area contributed by atoms with Gasteiger partial charge in [-0.15, -0.1) is 0 Å². The van der Waals surface area contributed by atoms with Crippen molar-refractivity contribution in [1.29, 1.82) is 0 Å². The van der Waals surface area contributed by atoms with Gasteiger partial charge in [0.05, 0.1) is 12.8 Å². The number of carbonyl (C=O) groups excluding carboxylic acids is 1. The van der Waals surface area contributed by atoms with E-state index in [1.807, 2.05) is 0 Å². The van der Waals surface area contributed by atoms with E-state index in [-0.39, 0.29) is 6.42 Å². The van der Waals surface area contributed by atoms with Crippen LogP contribution in [0, 0.1) is 5.82 Å². The van der Waals surface area contributed by atoms with Crippen LogP contribution in [-0.2, 0) is 20.8 Å². The molecule has 0 radical (unpaired) electrons. The molecule has 3 N–H and O–H groups in total. The summed E-state index contributed by atoms with van der Waals surface area (Å²) in [5, 5.41) is 19.3. The molecule has 0 bridgehead atoms. The lowest BCUT2D eigenvalue weighted by atomic mass is 10.1. The molecule has 0 aliphatic rings. The highest BCUT2D eigenvalue weighted by molar-refractivity contribution is 5.87. The minimum atomic E-state index is -1.50. The van der Waals surface area contributed by atoms with Crippen molar-refractivity contribution in [3.8, 4) is 0 Å². The first-order chi connectivity index (χ1) is 8.88. The van der Waals surface area contributed by atoms with Crippen molar-refractivity contribution in [2.45, 2.75) is 18.9 Å². The van der Waals surface area contributed by atoms with E-state index in [0.29, 0.717) is 5.56 Å². The van der Waals surface area contributed by atoms with Gasteiger partial charge >= 0.3 is 11.9 Å². The van der Waals surface area contributed by atoms with Crippen molar-refractivity contribution in [1.82, 2.24) is 5.32 Å². The first-order valence-electron chi connectivity index (χ1n) is 5.37. The Labute approximate surface area is 107 Å². The highest BCUT2D eigenvalue weighted by Crippen LogP contribution is 2.04. The predicted octanol–water partition coefficient (Wildman–Crippen LogP) is 0.412. The number of rotatable bonds is 6. The fourth-order valence-corrected chi connectivity index (χ4v) is 1.45. The van der Waals surface area contributed by atoms with Crippen LogP contribution in [0.1, 0.15) is 12.0 Å². The lowest BCUT2D eigenvalue weighted by Gasteiger charge is -2.12. The van der Waals surface area contributed by atoms with E-state index in [1.54, 1.807) is 0 Å². The summed E-state index contributed by atoms with van der Waals surface area (Å²) in [6, 6.07) is 3.79. The number of carbonyl (C=O) groups is 3. The van der Waals surface area contributed by atoms with Gasteiger partial charge in [0.15, 0.2) is 0 Å². The number of carboxylic acid groups (broad SMARTS) is 2. The SMILES string of the molecule is O=C(O)CC(NC(=O)Cc1cccc(F)c1)C(=O)O. The zero-order valence-corrected chi connectivity index (χ0v) is 9.80. The molecule has 6 nitrogen and oxygen atoms in total. The van der Waals surface area contributed by atoms with Crippen LogP contribution < -0.4 is 5.32 Å². The van der Waals surface area contributed by atoms with Crippen LogP contribution in [0.5, 0.6) is 0 Å². The lowest BCUT2D eigenvalue weighted by molar-refractivity contribution is -0.147. The average molecular weight is 269 g/mol. The second kappa shape index (κ2) is 6.48. The van der Waals surface area contributed by atoms with Gasteiger partial charge in [0.1, 0.15) is 11.9 Å². The molecule has 1 aromatic carbocycles. The maximum atomic E-state index is 12.9. The maximum absolute atomic E-state index is 12.9. The molecule has 1 aromatic rings. The summed E-state index contributed by atoms with van der Waals surface area (Å²) < 4.78 is 12.9. The lowest BCUT2D eigenvalue weighted by Crippen LogP contribution is -2.42. The molecule has 1 unspecified atom stereocenters. The standard InChI is InChI=1S/C12H12FNO5/c13-8-3-1-2-7(4-8)5-10(15)14-9(12(18)19)6-11(16)17/h1-4,9H,5-6H2,(H,14,15)(H,16,17)(H,18,19). The Morgan fingerprint density at radius 3 is 2.47 bits per heavy atom. The molecule has 1 amide bonds. The van der Waals surface area contributed by atoms with Gasteiger partial charge in [-0.2, -0.15) is 0 Å². The first-order valence-corrected chi connectivity index (χ1v) is 5.37. The number of aliphatic carboxylic acids is 2. The summed E-state index contributed by atoms with van der Waals surface area (Å²) >= 11 is 0. The van der Waals surface area contributed by atoms with E-state index in [0.717, 1.165) is 6.07 Å². The van der Waals surface area contributed by atoms with Crippen LogP contribution >= 0.6 is 0 Å². The summed E-state index contributed by atoms with van der Waals surface area (Å²) in [4.78, 5) is 32.7. The van der Waals surface area contributed by atoms with Crippen molar-refractivity contribution in [3.63, 3.8) is 0 Å². The number of halogens is 1. The summed E-state index contributed by atoms with van der Waals surface area (Å²) in [6.45, 7) is 0. The Morgan fingerprint density at radius 2 is 1.95 bits per heavy atom. The number of hydrogen-bond donors (Lipinski definition) is 3. The average Bonchev–Trinajstić information content (AvgIpc) is 2.27. The van der Waals surface area contributed by atoms with Crippen molar-refractivity contribution in [3.05, 3.63) is 35.6 Å². The van der Waals surface area contributed by atoms with Crippen molar-refractivity contribution in [2.24, 2.45) is 0 Å². The highest BCUT2D eigenvalue weighted by Gasteiger charge is 2.22. The molecule has 102 valence electrons. The first kappa shape index (κ1) is 14.6. The Bertz CT molecular complexity index is 503. The van der Waals surface area contributed by atoms with E-state index >= 15 is 0 Å². The van der Waals surface area contributed by atoms with Gasteiger partial charge in [-0.05, 0) is 17.7 Å². The van der Waals surface area contributed by atoms with Crippen LogP contribution in [-0.4, -0.2) is 34.1 Å². The summed E-state index contributed by atoms with van der Waals surface area (Å²) in [7, 11) is 0. The Kier molecular flexibility index (Phi) is 4.99. The van der Waals surface area contributed by atoms with Crippen LogP contribution in [0.4, 0.5) is 4.39 Å². The van der Waals surface area contributed by atoms with Gasteiger partial charge in [0.25, 0.3) is 0 Å². The molecule has 0 saturated heterocycles. The van der Waals surface area contributed by atoms with E-state index in [1.165, 1.54) is 18.2 Å². The second-order valence-electron chi connectivity index (χ2n) is 3.86. The Morgan fingerprint density at radius 1 is 1.26 bits per heavy atom. The largest absolute Gasteiger partial charge is 0.481 e. The number of hydrogen-bond acceptors (Lipinski definition) is 3. The van der Waals surface area contributed by atoms with E-state index in [9.17, 15) is 18.8 Å². The van der Waals surface area contributed by atoms with Crippen molar-refractivity contribution < 1.29 is 29.0 Å². The molecule has 0 aliphatic carbocycles. The molecule has 0 aliphatic heterocycles. The van der Waals surface area contributed by atoms with E-state index in [2.05, 4.69) is 5.32 Å². The minimum absolute atomic E-state index is 0.221. The molecule has 1 rings (SSSR count). The maximum Gasteiger partial charge on any atom is 0.326 e. The highest BCUT2D eigenvalue weighted by atomic mass is 19.1. The fourth-order valence-electron chi connectivity index (χ4n) is 1.45. The van der Waals surface area contributed by atoms with Gasteiger partial charge in [-0.1, -0.05) is 12.1 Å². The third kappa shape index (κ3) is 5.15. The van der Waals surface area contributed by atoms with Crippen LogP contribution in [0.15, 0.2) is 24.3 Å². The Hall–Kier alpha value is -2.44. The van der Waals surface area contributed by atoms with Crippen LogP contribution in [0.25, 0.3) is 0 Å². The second-order valence-corrected chi connectivity index (χ2v) is 3.86. The molecule has 1 atom stereocenters. The quantitative estimate of drug-likeness (QED) is 0.694. The number of nitrogens with one attached hydrogen (secondary N) is 1. The van der Waals surface area contributed by atoms with E-state index in [4.69, 9.17) is 10.2 Å². The van der Waals surface area contributed by atoms with Crippen molar-refractivity contribution in [2.75, 3.05) is 0 Å². The number of amides is 1.